The second-order valence-electron chi connectivity index (χ2n) is 6.43. The Labute approximate surface area is 169 Å². The summed E-state index contributed by atoms with van der Waals surface area (Å²) < 4.78 is 2.63. The van der Waals surface area contributed by atoms with Gasteiger partial charge < -0.3 is 4.57 Å². The highest BCUT2D eigenvalue weighted by Crippen LogP contribution is 2.17. The first kappa shape index (κ1) is 18.3. The van der Waals surface area contributed by atoms with Crippen LogP contribution in [0.3, 0.4) is 0 Å². The number of pyridine rings is 3. The van der Waals surface area contributed by atoms with E-state index in [0.29, 0.717) is 23.2 Å². The molecule has 3 heterocycles. The van der Waals surface area contributed by atoms with Gasteiger partial charge in [-0.3, -0.25) is 14.6 Å². The highest BCUT2D eigenvalue weighted by Gasteiger charge is 2.19. The summed E-state index contributed by atoms with van der Waals surface area (Å²) in [4.78, 5) is 34.8. The molecule has 0 atom stereocenters. The van der Waals surface area contributed by atoms with E-state index in [9.17, 15) is 9.59 Å². The Balaban J connectivity index is 1.91. The Morgan fingerprint density at radius 2 is 1.86 bits per heavy atom. The van der Waals surface area contributed by atoms with Gasteiger partial charge in [-0.1, -0.05) is 18.2 Å². The molecule has 0 saturated carbocycles. The summed E-state index contributed by atoms with van der Waals surface area (Å²) in [6.07, 6.45) is 3.26. The summed E-state index contributed by atoms with van der Waals surface area (Å²) in [6.45, 7) is 2.20. The van der Waals surface area contributed by atoms with Crippen molar-refractivity contribution in [1.29, 1.82) is 0 Å². The maximum Gasteiger partial charge on any atom is 0.200 e. The summed E-state index contributed by atoms with van der Waals surface area (Å²) in [7, 11) is 0. The van der Waals surface area contributed by atoms with E-state index in [-0.39, 0.29) is 16.8 Å². The van der Waals surface area contributed by atoms with Crippen molar-refractivity contribution in [2.24, 2.45) is 0 Å². The van der Waals surface area contributed by atoms with Crippen LogP contribution in [0.15, 0.2) is 76.4 Å². The fourth-order valence-electron chi connectivity index (χ4n) is 3.22. The van der Waals surface area contributed by atoms with E-state index in [1.54, 1.807) is 43.6 Å². The molecule has 0 bridgehead atoms. The van der Waals surface area contributed by atoms with Gasteiger partial charge in [0.2, 0.25) is 5.43 Å². The topological polar surface area (TPSA) is 64.8 Å². The predicted molar refractivity (Wildman–Crippen MR) is 112 cm³/mol. The van der Waals surface area contributed by atoms with Crippen molar-refractivity contribution in [3.63, 3.8) is 0 Å². The molecule has 0 aliphatic carbocycles. The van der Waals surface area contributed by atoms with Gasteiger partial charge in [-0.05, 0) is 59.3 Å². The predicted octanol–water partition coefficient (Wildman–Crippen LogP) is 4.14. The number of fused-ring (bicyclic) bond motifs is 1. The maximum absolute atomic E-state index is 13.1. The third-order valence-electron chi connectivity index (χ3n) is 4.59. The van der Waals surface area contributed by atoms with Crippen LogP contribution in [-0.2, 0) is 6.54 Å². The summed E-state index contributed by atoms with van der Waals surface area (Å²) >= 11 is 3.38. The van der Waals surface area contributed by atoms with E-state index in [2.05, 4.69) is 25.9 Å². The number of aromatic nitrogens is 3. The molecule has 3 aromatic heterocycles. The molecule has 6 heteroatoms. The second kappa shape index (κ2) is 7.48. The smallest absolute Gasteiger partial charge is 0.200 e. The SMILES string of the molecule is Cc1ncccc1C(=O)c1cn(Cc2cccc(Br)n2)c2ccccc2c1=O. The van der Waals surface area contributed by atoms with Crippen LogP contribution in [0, 0.1) is 6.92 Å². The first-order chi connectivity index (χ1) is 13.5. The van der Waals surface area contributed by atoms with Crippen LogP contribution < -0.4 is 5.43 Å². The molecule has 0 spiro atoms. The lowest BCUT2D eigenvalue weighted by Gasteiger charge is -2.13. The molecular weight excluding hydrogens is 418 g/mol. The number of carbonyl (C=O) groups excluding carboxylic acids is 1. The number of hydrogen-bond acceptors (Lipinski definition) is 4. The molecule has 0 radical (unpaired) electrons. The number of para-hydroxylation sites is 1. The van der Waals surface area contributed by atoms with Gasteiger partial charge in [0, 0.05) is 29.0 Å². The van der Waals surface area contributed by atoms with Crippen molar-refractivity contribution < 1.29 is 4.79 Å². The van der Waals surface area contributed by atoms with Gasteiger partial charge >= 0.3 is 0 Å². The molecule has 0 amide bonds. The fraction of sp³-hybridized carbons (Fsp3) is 0.0909. The minimum Gasteiger partial charge on any atom is -0.340 e. The summed E-state index contributed by atoms with van der Waals surface area (Å²) in [5.41, 5.74) is 2.46. The average Bonchev–Trinajstić information content (AvgIpc) is 2.70. The zero-order valence-electron chi connectivity index (χ0n) is 15.1. The molecule has 0 unspecified atom stereocenters. The lowest BCUT2D eigenvalue weighted by Crippen LogP contribution is -2.21. The Hall–Kier alpha value is -3.12. The van der Waals surface area contributed by atoms with Gasteiger partial charge in [0.15, 0.2) is 5.78 Å². The van der Waals surface area contributed by atoms with E-state index in [1.165, 1.54) is 0 Å². The van der Waals surface area contributed by atoms with Crippen LogP contribution in [0.2, 0.25) is 0 Å². The maximum atomic E-state index is 13.1. The largest absolute Gasteiger partial charge is 0.340 e. The highest BCUT2D eigenvalue weighted by atomic mass is 79.9. The molecule has 0 aliphatic rings. The Morgan fingerprint density at radius 3 is 2.64 bits per heavy atom. The number of rotatable bonds is 4. The lowest BCUT2D eigenvalue weighted by molar-refractivity contribution is 0.103. The molecule has 0 aliphatic heterocycles. The Morgan fingerprint density at radius 1 is 1.04 bits per heavy atom. The molecule has 1 aromatic carbocycles. The molecule has 0 N–H and O–H groups in total. The van der Waals surface area contributed by atoms with Gasteiger partial charge in [-0.15, -0.1) is 0 Å². The van der Waals surface area contributed by atoms with Crippen LogP contribution in [0.5, 0.6) is 0 Å². The molecule has 0 fully saturated rings. The molecule has 4 aromatic rings. The van der Waals surface area contributed by atoms with E-state index in [1.807, 2.05) is 34.9 Å². The second-order valence-corrected chi connectivity index (χ2v) is 7.25. The summed E-state index contributed by atoms with van der Waals surface area (Å²) in [5, 5.41) is 0.505. The standard InChI is InChI=1S/C22H16BrN3O2/c1-14-16(8-5-11-24-14)21(27)18-13-26(12-15-6-4-10-20(23)25-15)19-9-3-2-7-17(19)22(18)28/h2-11,13H,12H2,1H3. The van der Waals surface area contributed by atoms with Gasteiger partial charge in [-0.2, -0.15) is 0 Å². The molecular formula is C22H16BrN3O2. The van der Waals surface area contributed by atoms with Crippen molar-refractivity contribution in [2.75, 3.05) is 0 Å². The van der Waals surface area contributed by atoms with Crippen LogP contribution in [0.1, 0.15) is 27.3 Å². The van der Waals surface area contributed by atoms with E-state index < -0.39 is 0 Å². The van der Waals surface area contributed by atoms with Crippen molar-refractivity contribution in [2.45, 2.75) is 13.5 Å². The van der Waals surface area contributed by atoms with Crippen LogP contribution in [0.4, 0.5) is 0 Å². The normalized spacial score (nSPS) is 10.9. The Kier molecular flexibility index (Phi) is 4.88. The van der Waals surface area contributed by atoms with Crippen LogP contribution >= 0.6 is 15.9 Å². The average molecular weight is 434 g/mol. The van der Waals surface area contributed by atoms with E-state index in [4.69, 9.17) is 0 Å². The number of nitrogens with zero attached hydrogens (tertiary/aromatic N) is 3. The van der Waals surface area contributed by atoms with Crippen molar-refractivity contribution >= 4 is 32.6 Å². The minimum absolute atomic E-state index is 0.129. The summed E-state index contributed by atoms with van der Waals surface area (Å²) in [6, 6.07) is 16.4. The summed E-state index contributed by atoms with van der Waals surface area (Å²) in [5.74, 6) is -0.322. The number of carbonyl (C=O) groups is 1. The third-order valence-corrected chi connectivity index (χ3v) is 5.03. The monoisotopic (exact) mass is 433 g/mol. The fourth-order valence-corrected chi connectivity index (χ4v) is 3.60. The van der Waals surface area contributed by atoms with E-state index in [0.717, 1.165) is 15.8 Å². The van der Waals surface area contributed by atoms with Crippen molar-refractivity contribution in [1.82, 2.24) is 14.5 Å². The molecule has 28 heavy (non-hydrogen) atoms. The minimum atomic E-state index is -0.322. The first-order valence-corrected chi connectivity index (χ1v) is 9.54. The first-order valence-electron chi connectivity index (χ1n) is 8.74. The van der Waals surface area contributed by atoms with Gasteiger partial charge in [0.1, 0.15) is 4.60 Å². The number of benzene rings is 1. The lowest BCUT2D eigenvalue weighted by atomic mass is 10.0. The van der Waals surface area contributed by atoms with Crippen molar-refractivity contribution in [3.8, 4) is 0 Å². The number of aryl methyl sites for hydroxylation is 1. The zero-order valence-corrected chi connectivity index (χ0v) is 16.7. The third kappa shape index (κ3) is 3.39. The van der Waals surface area contributed by atoms with Gasteiger partial charge in [0.05, 0.1) is 23.3 Å². The molecule has 4 rings (SSSR count). The van der Waals surface area contributed by atoms with Crippen molar-refractivity contribution in [3.05, 3.63) is 104 Å². The van der Waals surface area contributed by atoms with Crippen LogP contribution in [-0.4, -0.2) is 20.3 Å². The number of ketones is 1. The van der Waals surface area contributed by atoms with Crippen LogP contribution in [0.25, 0.3) is 10.9 Å². The van der Waals surface area contributed by atoms with Gasteiger partial charge in [0.25, 0.3) is 0 Å². The highest BCUT2D eigenvalue weighted by molar-refractivity contribution is 9.10. The molecule has 5 nitrogen and oxygen atoms in total. The molecule has 138 valence electrons. The Bertz CT molecular complexity index is 1260. The van der Waals surface area contributed by atoms with Gasteiger partial charge in [-0.25, -0.2) is 4.98 Å². The zero-order chi connectivity index (χ0) is 19.7. The number of hydrogen-bond donors (Lipinski definition) is 0. The van der Waals surface area contributed by atoms with E-state index >= 15 is 0 Å². The number of halogens is 1. The quantitative estimate of drug-likeness (QED) is 0.358. The molecule has 0 saturated heterocycles.